The van der Waals surface area contributed by atoms with Gasteiger partial charge in [-0.3, -0.25) is 4.79 Å². The molecular weight excluding hydrogens is 307 g/mol. The first-order chi connectivity index (χ1) is 9.38. The van der Waals surface area contributed by atoms with Gasteiger partial charge in [-0.1, -0.05) is 11.6 Å². The predicted molar refractivity (Wildman–Crippen MR) is 73.2 cm³/mol. The molecule has 2 rings (SSSR count). The molecule has 1 aromatic carbocycles. The van der Waals surface area contributed by atoms with Gasteiger partial charge in [0, 0.05) is 0 Å². The Hall–Kier alpha value is -1.99. The van der Waals surface area contributed by atoms with Crippen molar-refractivity contribution in [3.05, 3.63) is 44.6 Å². The van der Waals surface area contributed by atoms with Gasteiger partial charge in [0.25, 0.3) is 5.91 Å². The lowest BCUT2D eigenvalue weighted by Gasteiger charge is -2.08. The lowest BCUT2D eigenvalue weighted by molar-refractivity contribution is 0.0691. The van der Waals surface area contributed by atoms with E-state index in [1.165, 1.54) is 17.5 Å². The monoisotopic (exact) mass is 314 g/mol. The number of carboxylic acids is 1. The van der Waals surface area contributed by atoms with E-state index >= 15 is 0 Å². The Kier molecular flexibility index (Phi) is 4.01. The Balaban J connectivity index is 2.31. The van der Waals surface area contributed by atoms with Crippen LogP contribution in [0.25, 0.3) is 0 Å². The third kappa shape index (κ3) is 2.94. The van der Waals surface area contributed by atoms with Crippen LogP contribution in [-0.2, 0) is 0 Å². The molecule has 0 saturated carbocycles. The van der Waals surface area contributed by atoms with E-state index in [1.54, 1.807) is 6.92 Å². The molecule has 0 bridgehead atoms. The van der Waals surface area contributed by atoms with E-state index in [0.717, 1.165) is 12.1 Å². The normalized spacial score (nSPS) is 10.3. The van der Waals surface area contributed by atoms with Crippen LogP contribution >= 0.6 is 22.9 Å². The second-order valence-electron chi connectivity index (χ2n) is 3.81. The van der Waals surface area contributed by atoms with Gasteiger partial charge in [-0.2, -0.15) is 0 Å². The van der Waals surface area contributed by atoms with E-state index < -0.39 is 23.3 Å². The third-order valence-electron chi connectivity index (χ3n) is 2.38. The maximum atomic E-state index is 13.4. The van der Waals surface area contributed by atoms with E-state index in [-0.39, 0.29) is 10.7 Å². The summed E-state index contributed by atoms with van der Waals surface area (Å²) < 4.78 is 13.4. The smallest absolute Gasteiger partial charge is 0.338 e. The number of carbonyl (C=O) groups excluding carboxylic acids is 1. The summed E-state index contributed by atoms with van der Waals surface area (Å²) in [5, 5.41) is 11.9. The number of hydrogen-bond donors (Lipinski definition) is 2. The number of nitrogens with one attached hydrogen (secondary N) is 1. The van der Waals surface area contributed by atoms with Crippen molar-refractivity contribution in [1.82, 2.24) is 4.98 Å². The van der Waals surface area contributed by atoms with Crippen LogP contribution in [0.15, 0.2) is 18.3 Å². The average molecular weight is 315 g/mol. The summed E-state index contributed by atoms with van der Waals surface area (Å²) in [4.78, 5) is 27.0. The Labute approximate surface area is 122 Å². The summed E-state index contributed by atoms with van der Waals surface area (Å²) in [5.74, 6) is -2.89. The van der Waals surface area contributed by atoms with Gasteiger partial charge >= 0.3 is 5.97 Å². The zero-order valence-corrected chi connectivity index (χ0v) is 11.7. The fraction of sp³-hybridized carbons (Fsp3) is 0.0833. The molecule has 1 amide bonds. The molecule has 0 radical (unpaired) electrons. The van der Waals surface area contributed by atoms with E-state index in [4.69, 9.17) is 16.7 Å². The van der Waals surface area contributed by atoms with Crippen LogP contribution in [-0.4, -0.2) is 22.0 Å². The van der Waals surface area contributed by atoms with E-state index in [2.05, 4.69) is 10.3 Å². The lowest BCUT2D eigenvalue weighted by atomic mass is 10.2. The van der Waals surface area contributed by atoms with Gasteiger partial charge in [0.1, 0.15) is 10.7 Å². The molecule has 0 atom stereocenters. The summed E-state index contributed by atoms with van der Waals surface area (Å²) >= 11 is 6.96. The maximum absolute atomic E-state index is 13.4. The fourth-order valence-electron chi connectivity index (χ4n) is 1.46. The number of aromatic nitrogens is 1. The maximum Gasteiger partial charge on any atom is 0.338 e. The molecule has 0 aliphatic carbocycles. The highest BCUT2D eigenvalue weighted by Gasteiger charge is 2.17. The molecule has 8 heteroatoms. The average Bonchev–Trinajstić information content (AvgIpc) is 2.79. The van der Waals surface area contributed by atoms with Crippen LogP contribution < -0.4 is 5.32 Å². The SMILES string of the molecule is Cc1ncc(C(=O)Nc2cc(C(=O)O)c(F)cc2Cl)s1. The number of aryl methyl sites for hydroxylation is 1. The van der Waals surface area contributed by atoms with Gasteiger partial charge in [-0.25, -0.2) is 14.2 Å². The topological polar surface area (TPSA) is 79.3 Å². The summed E-state index contributed by atoms with van der Waals surface area (Å²) in [7, 11) is 0. The molecule has 104 valence electrons. The summed E-state index contributed by atoms with van der Waals surface area (Å²) in [6.45, 7) is 1.74. The molecule has 20 heavy (non-hydrogen) atoms. The van der Waals surface area contributed by atoms with Crippen LogP contribution in [0.2, 0.25) is 5.02 Å². The summed E-state index contributed by atoms with van der Waals surface area (Å²) in [5.41, 5.74) is -0.535. The van der Waals surface area contributed by atoms with Gasteiger partial charge in [0.2, 0.25) is 0 Å². The van der Waals surface area contributed by atoms with Crippen LogP contribution in [0, 0.1) is 12.7 Å². The molecule has 0 saturated heterocycles. The van der Waals surface area contributed by atoms with Crippen molar-refractivity contribution < 1.29 is 19.1 Å². The fourth-order valence-corrected chi connectivity index (χ4v) is 2.33. The molecule has 5 nitrogen and oxygen atoms in total. The van der Waals surface area contributed by atoms with Crippen LogP contribution in [0.4, 0.5) is 10.1 Å². The Bertz CT molecular complexity index is 702. The number of benzene rings is 1. The van der Waals surface area contributed by atoms with E-state index in [1.807, 2.05) is 0 Å². The van der Waals surface area contributed by atoms with Crippen molar-refractivity contribution >= 4 is 40.5 Å². The standard InChI is InChI=1S/C12H8ClFN2O3S/c1-5-15-4-10(20-5)11(17)16-9-2-6(12(18)19)8(14)3-7(9)13/h2-4H,1H3,(H,16,17)(H,18,19). The second-order valence-corrected chi connectivity index (χ2v) is 5.46. The lowest BCUT2D eigenvalue weighted by Crippen LogP contribution is -2.12. The molecule has 0 unspecified atom stereocenters. The second kappa shape index (κ2) is 5.56. The van der Waals surface area contributed by atoms with Gasteiger partial charge in [-0.15, -0.1) is 11.3 Å². The quantitative estimate of drug-likeness (QED) is 0.911. The van der Waals surface area contributed by atoms with Gasteiger partial charge in [0.15, 0.2) is 0 Å². The minimum absolute atomic E-state index is 0.0292. The van der Waals surface area contributed by atoms with Crippen molar-refractivity contribution in [3.8, 4) is 0 Å². The van der Waals surface area contributed by atoms with Gasteiger partial charge < -0.3 is 10.4 Å². The molecule has 1 heterocycles. The number of halogens is 2. The Morgan fingerprint density at radius 1 is 1.45 bits per heavy atom. The Morgan fingerprint density at radius 2 is 2.15 bits per heavy atom. The van der Waals surface area contributed by atoms with Crippen molar-refractivity contribution in [2.75, 3.05) is 5.32 Å². The molecule has 0 aliphatic rings. The molecule has 0 spiro atoms. The third-order valence-corrected chi connectivity index (χ3v) is 3.60. The molecule has 1 aromatic heterocycles. The number of hydrogen-bond acceptors (Lipinski definition) is 4. The predicted octanol–water partition coefficient (Wildman–Crippen LogP) is 3.19. The molecular formula is C12H8ClFN2O3S. The number of amides is 1. The van der Waals surface area contributed by atoms with Crippen LogP contribution in [0.1, 0.15) is 25.0 Å². The largest absolute Gasteiger partial charge is 0.478 e. The van der Waals surface area contributed by atoms with Crippen molar-refractivity contribution in [3.63, 3.8) is 0 Å². The zero-order valence-electron chi connectivity index (χ0n) is 10.1. The van der Waals surface area contributed by atoms with Crippen molar-refractivity contribution in [2.45, 2.75) is 6.92 Å². The first-order valence-electron chi connectivity index (χ1n) is 5.34. The first kappa shape index (κ1) is 14.4. The highest BCUT2D eigenvalue weighted by molar-refractivity contribution is 7.13. The van der Waals surface area contributed by atoms with Gasteiger partial charge in [0.05, 0.1) is 27.5 Å². The minimum atomic E-state index is -1.44. The molecule has 2 aromatic rings. The van der Waals surface area contributed by atoms with Crippen molar-refractivity contribution in [2.24, 2.45) is 0 Å². The highest BCUT2D eigenvalue weighted by atomic mass is 35.5. The first-order valence-corrected chi connectivity index (χ1v) is 6.54. The molecule has 2 N–H and O–H groups in total. The Morgan fingerprint density at radius 3 is 2.70 bits per heavy atom. The van der Waals surface area contributed by atoms with E-state index in [0.29, 0.717) is 9.88 Å². The summed E-state index contributed by atoms with van der Waals surface area (Å²) in [6.07, 6.45) is 1.39. The zero-order chi connectivity index (χ0) is 14.9. The number of thiazole rings is 1. The number of aromatic carboxylic acids is 1. The number of rotatable bonds is 3. The number of nitrogens with zero attached hydrogens (tertiary/aromatic N) is 1. The molecule has 0 fully saturated rings. The number of carboxylic acid groups (broad SMARTS) is 1. The van der Waals surface area contributed by atoms with E-state index in [9.17, 15) is 14.0 Å². The highest BCUT2D eigenvalue weighted by Crippen LogP contribution is 2.26. The van der Waals surface area contributed by atoms with Crippen LogP contribution in [0.3, 0.4) is 0 Å². The van der Waals surface area contributed by atoms with Gasteiger partial charge in [-0.05, 0) is 19.1 Å². The van der Waals surface area contributed by atoms with Crippen LogP contribution in [0.5, 0.6) is 0 Å². The minimum Gasteiger partial charge on any atom is -0.478 e. The van der Waals surface area contributed by atoms with Crippen molar-refractivity contribution in [1.29, 1.82) is 0 Å². The summed E-state index contributed by atoms with van der Waals surface area (Å²) in [6, 6.07) is 1.82. The number of anilines is 1. The molecule has 0 aliphatic heterocycles. The number of carbonyl (C=O) groups is 2.